The van der Waals surface area contributed by atoms with Gasteiger partial charge in [0.15, 0.2) is 11.5 Å². The minimum absolute atomic E-state index is 0.208. The van der Waals surface area contributed by atoms with E-state index in [4.69, 9.17) is 19.9 Å². The second-order valence-corrected chi connectivity index (χ2v) is 5.34. The molecular formula is C18H17N3O4. The minimum atomic E-state index is -0.892. The molecule has 3 N–H and O–H groups in total. The van der Waals surface area contributed by atoms with Crippen LogP contribution in [-0.4, -0.2) is 19.1 Å². The normalized spacial score (nSPS) is 12.6. The molecule has 7 heteroatoms. The van der Waals surface area contributed by atoms with Crippen LogP contribution < -0.4 is 25.3 Å². The van der Waals surface area contributed by atoms with Crippen molar-refractivity contribution in [3.63, 3.8) is 0 Å². The highest BCUT2D eigenvalue weighted by Crippen LogP contribution is 2.39. The third-order valence-electron chi connectivity index (χ3n) is 3.50. The van der Waals surface area contributed by atoms with E-state index in [1.807, 2.05) is 6.92 Å². The predicted octanol–water partition coefficient (Wildman–Crippen LogP) is 3.48. The Balaban J connectivity index is 1.84. The summed E-state index contributed by atoms with van der Waals surface area (Å²) in [5, 5.41) is 3.03. The van der Waals surface area contributed by atoms with Gasteiger partial charge in [0.1, 0.15) is 11.6 Å². The van der Waals surface area contributed by atoms with Crippen LogP contribution in [0.1, 0.15) is 12.5 Å². The van der Waals surface area contributed by atoms with Gasteiger partial charge >= 0.3 is 6.16 Å². The zero-order valence-corrected chi connectivity index (χ0v) is 13.8. The lowest BCUT2D eigenvalue weighted by atomic mass is 10.1. The number of aliphatic imine (C=N–C) groups is 1. The summed E-state index contributed by atoms with van der Waals surface area (Å²) in [7, 11) is 1.48. The number of amidine groups is 1. The van der Waals surface area contributed by atoms with E-state index in [2.05, 4.69) is 16.9 Å². The SMILES string of the molecule is C=C1NC(C)=Nc2cc(OC)c(OC(=O)Oc3ccc(N)cc3)cc21. The average molecular weight is 339 g/mol. The molecule has 2 aromatic carbocycles. The van der Waals surface area contributed by atoms with Gasteiger partial charge in [-0.3, -0.25) is 0 Å². The summed E-state index contributed by atoms with van der Waals surface area (Å²) >= 11 is 0. The third-order valence-corrected chi connectivity index (χ3v) is 3.50. The van der Waals surface area contributed by atoms with E-state index in [0.717, 1.165) is 5.84 Å². The largest absolute Gasteiger partial charge is 0.519 e. The molecule has 0 fully saturated rings. The Morgan fingerprint density at radius 2 is 1.88 bits per heavy atom. The standard InChI is InChI=1S/C18H17N3O4/c1-10-14-8-17(16(23-3)9-15(14)21-11(2)20-10)25-18(22)24-13-6-4-12(19)5-7-13/h4-9H,1,19H2,2-3H3,(H,20,21). The van der Waals surface area contributed by atoms with Gasteiger partial charge in [0.2, 0.25) is 0 Å². The number of hydrogen-bond donors (Lipinski definition) is 2. The molecule has 1 aliphatic rings. The Kier molecular flexibility index (Phi) is 4.30. The highest BCUT2D eigenvalue weighted by molar-refractivity contribution is 5.97. The summed E-state index contributed by atoms with van der Waals surface area (Å²) in [4.78, 5) is 16.4. The number of carbonyl (C=O) groups is 1. The number of nitrogens with one attached hydrogen (secondary N) is 1. The number of anilines is 1. The lowest BCUT2D eigenvalue weighted by Crippen LogP contribution is -2.21. The van der Waals surface area contributed by atoms with Gasteiger partial charge in [0.05, 0.1) is 12.8 Å². The van der Waals surface area contributed by atoms with E-state index in [9.17, 15) is 4.79 Å². The number of nitrogens with two attached hydrogens (primary N) is 1. The van der Waals surface area contributed by atoms with Crippen LogP contribution >= 0.6 is 0 Å². The zero-order chi connectivity index (χ0) is 18.0. The quantitative estimate of drug-likeness (QED) is 0.505. The van der Waals surface area contributed by atoms with Crippen LogP contribution in [0.2, 0.25) is 0 Å². The number of hydrogen-bond acceptors (Lipinski definition) is 7. The molecule has 0 saturated heterocycles. The summed E-state index contributed by atoms with van der Waals surface area (Å²) in [6.07, 6.45) is -0.892. The molecule has 0 atom stereocenters. The molecule has 25 heavy (non-hydrogen) atoms. The van der Waals surface area contributed by atoms with E-state index in [1.165, 1.54) is 7.11 Å². The zero-order valence-electron chi connectivity index (χ0n) is 13.8. The smallest absolute Gasteiger partial charge is 0.493 e. The number of benzene rings is 2. The van der Waals surface area contributed by atoms with Crippen molar-refractivity contribution in [2.24, 2.45) is 4.99 Å². The van der Waals surface area contributed by atoms with Crippen LogP contribution in [0.15, 0.2) is 48.0 Å². The molecule has 7 nitrogen and oxygen atoms in total. The van der Waals surface area contributed by atoms with E-state index in [0.29, 0.717) is 34.1 Å². The second-order valence-electron chi connectivity index (χ2n) is 5.34. The van der Waals surface area contributed by atoms with Crippen molar-refractivity contribution in [1.82, 2.24) is 5.32 Å². The monoisotopic (exact) mass is 339 g/mol. The Labute approximate surface area is 144 Å². The maximum Gasteiger partial charge on any atom is 0.519 e. The summed E-state index contributed by atoms with van der Waals surface area (Å²) in [5.74, 6) is 1.61. The van der Waals surface area contributed by atoms with Gasteiger partial charge in [-0.15, -0.1) is 0 Å². The van der Waals surface area contributed by atoms with Crippen LogP contribution in [-0.2, 0) is 0 Å². The summed E-state index contributed by atoms with van der Waals surface area (Å²) in [5.41, 5.74) is 8.20. The molecule has 3 rings (SSSR count). The molecule has 0 radical (unpaired) electrons. The van der Waals surface area contributed by atoms with Crippen LogP contribution in [0.5, 0.6) is 17.2 Å². The first-order valence-electron chi connectivity index (χ1n) is 7.45. The number of nitrogens with zero attached hydrogens (tertiary/aromatic N) is 1. The molecule has 0 aliphatic carbocycles. The highest BCUT2D eigenvalue weighted by atomic mass is 16.7. The summed E-state index contributed by atoms with van der Waals surface area (Å²) < 4.78 is 15.7. The fraction of sp³-hybridized carbons (Fsp3) is 0.111. The number of nitrogen functional groups attached to an aromatic ring is 1. The molecule has 0 aromatic heterocycles. The topological polar surface area (TPSA) is 95.2 Å². The van der Waals surface area contributed by atoms with E-state index in [-0.39, 0.29) is 5.75 Å². The Morgan fingerprint density at radius 1 is 1.16 bits per heavy atom. The van der Waals surface area contributed by atoms with E-state index >= 15 is 0 Å². The molecule has 128 valence electrons. The second kappa shape index (κ2) is 6.56. The predicted molar refractivity (Wildman–Crippen MR) is 95.4 cm³/mol. The van der Waals surface area contributed by atoms with E-state index in [1.54, 1.807) is 36.4 Å². The van der Waals surface area contributed by atoms with E-state index < -0.39 is 6.16 Å². The molecule has 0 unspecified atom stereocenters. The van der Waals surface area contributed by atoms with Gasteiger partial charge in [-0.2, -0.15) is 0 Å². The molecule has 1 heterocycles. The summed E-state index contributed by atoms with van der Waals surface area (Å²) in [6.45, 7) is 5.77. The summed E-state index contributed by atoms with van der Waals surface area (Å²) in [6, 6.07) is 9.70. The van der Waals surface area contributed by atoms with Crippen molar-refractivity contribution in [3.05, 3.63) is 48.5 Å². The van der Waals surface area contributed by atoms with Gasteiger partial charge in [-0.25, -0.2) is 9.79 Å². The number of carbonyl (C=O) groups excluding carboxylic acids is 1. The number of rotatable bonds is 3. The van der Waals surface area contributed by atoms with Crippen molar-refractivity contribution < 1.29 is 19.0 Å². The van der Waals surface area contributed by atoms with Crippen molar-refractivity contribution in [3.8, 4) is 17.2 Å². The van der Waals surface area contributed by atoms with Gasteiger partial charge in [0.25, 0.3) is 0 Å². The number of ether oxygens (including phenoxy) is 3. The first-order chi connectivity index (χ1) is 12.0. The van der Waals surface area contributed by atoms with Crippen molar-refractivity contribution in [2.45, 2.75) is 6.92 Å². The molecule has 1 aliphatic heterocycles. The minimum Gasteiger partial charge on any atom is -0.493 e. The Morgan fingerprint density at radius 3 is 2.56 bits per heavy atom. The fourth-order valence-electron chi connectivity index (χ4n) is 2.36. The average Bonchev–Trinajstić information content (AvgIpc) is 2.57. The number of methoxy groups -OCH3 is 1. The number of fused-ring (bicyclic) bond motifs is 1. The third kappa shape index (κ3) is 3.55. The van der Waals surface area contributed by atoms with Crippen LogP contribution in [0, 0.1) is 0 Å². The van der Waals surface area contributed by atoms with Gasteiger partial charge in [-0.1, -0.05) is 6.58 Å². The molecular weight excluding hydrogens is 322 g/mol. The van der Waals surface area contributed by atoms with Crippen LogP contribution in [0.25, 0.3) is 5.70 Å². The Bertz CT molecular complexity index is 873. The maximum atomic E-state index is 12.0. The van der Waals surface area contributed by atoms with Crippen molar-refractivity contribution in [1.29, 1.82) is 0 Å². The highest BCUT2D eigenvalue weighted by Gasteiger charge is 2.20. The molecule has 0 spiro atoms. The van der Waals surface area contributed by atoms with Crippen LogP contribution in [0.3, 0.4) is 0 Å². The Hall–Kier alpha value is -3.48. The first kappa shape index (κ1) is 16.4. The van der Waals surface area contributed by atoms with Crippen molar-refractivity contribution in [2.75, 3.05) is 12.8 Å². The molecule has 0 saturated carbocycles. The van der Waals surface area contributed by atoms with Gasteiger partial charge < -0.3 is 25.3 Å². The molecule has 0 amide bonds. The fourth-order valence-corrected chi connectivity index (χ4v) is 2.36. The lowest BCUT2D eigenvalue weighted by Gasteiger charge is -2.20. The van der Waals surface area contributed by atoms with Crippen molar-refractivity contribution >= 4 is 29.1 Å². The molecule has 0 bridgehead atoms. The van der Waals surface area contributed by atoms with Gasteiger partial charge in [0, 0.05) is 23.0 Å². The van der Waals surface area contributed by atoms with Crippen LogP contribution in [0.4, 0.5) is 16.2 Å². The maximum absolute atomic E-state index is 12.0. The first-order valence-corrected chi connectivity index (χ1v) is 7.45. The lowest BCUT2D eigenvalue weighted by molar-refractivity contribution is 0.150. The van der Waals surface area contributed by atoms with Gasteiger partial charge in [-0.05, 0) is 37.3 Å². The molecule has 2 aromatic rings.